The maximum atomic E-state index is 12.9. The van der Waals surface area contributed by atoms with Crippen molar-refractivity contribution in [1.82, 2.24) is 25.1 Å². The van der Waals surface area contributed by atoms with Crippen LogP contribution in [0.5, 0.6) is 0 Å². The molecule has 3 aromatic heterocycles. The third-order valence-electron chi connectivity index (χ3n) is 4.46. The molecule has 0 aliphatic carbocycles. The number of amides is 1. The molecule has 0 bridgehead atoms. The fourth-order valence-corrected chi connectivity index (χ4v) is 3.25. The van der Waals surface area contributed by atoms with Crippen molar-refractivity contribution in [3.63, 3.8) is 0 Å². The number of hydrogen-bond acceptors (Lipinski definition) is 4. The number of aryl methyl sites for hydroxylation is 1. The number of nitrogens with one attached hydrogen (secondary N) is 1. The molecule has 0 radical (unpaired) electrons. The van der Waals surface area contributed by atoms with Gasteiger partial charge in [0.1, 0.15) is 0 Å². The maximum absolute atomic E-state index is 12.9. The number of aromatic nitrogens is 4. The lowest BCUT2D eigenvalue weighted by Gasteiger charge is -2.25. The third-order valence-corrected chi connectivity index (χ3v) is 4.46. The van der Waals surface area contributed by atoms with Crippen molar-refractivity contribution in [2.24, 2.45) is 0 Å². The summed E-state index contributed by atoms with van der Waals surface area (Å²) >= 11 is 0. The maximum Gasteiger partial charge on any atom is 0.255 e. The normalized spacial score (nSPS) is 17.8. The minimum absolute atomic E-state index is 0.0271. The largest absolute Gasteiger partial charge is 0.332 e. The van der Waals surface area contributed by atoms with Crippen LogP contribution in [0.15, 0.2) is 36.8 Å². The molecular weight excluding hydrogens is 290 g/mol. The number of hydrogen-bond donors (Lipinski definition) is 1. The number of fused-ring (bicyclic) bond motifs is 1. The van der Waals surface area contributed by atoms with Crippen molar-refractivity contribution in [2.45, 2.75) is 25.8 Å². The predicted octanol–water partition coefficient (Wildman–Crippen LogP) is 2.64. The van der Waals surface area contributed by atoms with Crippen molar-refractivity contribution in [1.29, 1.82) is 0 Å². The van der Waals surface area contributed by atoms with E-state index in [2.05, 4.69) is 20.2 Å². The second-order valence-corrected chi connectivity index (χ2v) is 5.87. The smallest absolute Gasteiger partial charge is 0.255 e. The summed E-state index contributed by atoms with van der Waals surface area (Å²) in [5.74, 6) is 0.0271. The first-order chi connectivity index (χ1) is 11.2. The Labute approximate surface area is 133 Å². The monoisotopic (exact) mass is 307 g/mol. The Bertz CT molecular complexity index is 858. The highest BCUT2D eigenvalue weighted by atomic mass is 16.2. The molecule has 116 valence electrons. The van der Waals surface area contributed by atoms with Crippen LogP contribution in [-0.4, -0.2) is 37.5 Å². The van der Waals surface area contributed by atoms with Gasteiger partial charge in [0.05, 0.1) is 17.3 Å². The van der Waals surface area contributed by atoms with Crippen LogP contribution < -0.4 is 0 Å². The molecule has 0 aromatic carbocycles. The van der Waals surface area contributed by atoms with Crippen LogP contribution in [0.3, 0.4) is 0 Å². The molecule has 1 N–H and O–H groups in total. The summed E-state index contributed by atoms with van der Waals surface area (Å²) < 4.78 is 0. The van der Waals surface area contributed by atoms with E-state index < -0.39 is 0 Å². The molecule has 1 unspecified atom stereocenters. The Kier molecular flexibility index (Phi) is 3.29. The summed E-state index contributed by atoms with van der Waals surface area (Å²) in [6.07, 6.45) is 7.18. The van der Waals surface area contributed by atoms with Gasteiger partial charge in [-0.05, 0) is 43.5 Å². The first kappa shape index (κ1) is 13.9. The van der Waals surface area contributed by atoms with Crippen LogP contribution in [0.2, 0.25) is 0 Å². The zero-order valence-corrected chi connectivity index (χ0v) is 12.9. The molecule has 4 heterocycles. The van der Waals surface area contributed by atoms with E-state index in [1.54, 1.807) is 18.6 Å². The summed E-state index contributed by atoms with van der Waals surface area (Å²) in [6, 6.07) is 5.97. The quantitative estimate of drug-likeness (QED) is 0.789. The molecule has 1 saturated heterocycles. The van der Waals surface area contributed by atoms with Gasteiger partial charge in [-0.25, -0.2) is 4.98 Å². The van der Waals surface area contributed by atoms with E-state index >= 15 is 0 Å². The average molecular weight is 307 g/mol. The zero-order chi connectivity index (χ0) is 15.8. The van der Waals surface area contributed by atoms with Gasteiger partial charge in [0.15, 0.2) is 5.65 Å². The van der Waals surface area contributed by atoms with E-state index in [1.165, 1.54) is 0 Å². The number of H-pyrrole nitrogens is 1. The van der Waals surface area contributed by atoms with Crippen molar-refractivity contribution >= 4 is 16.9 Å². The Morgan fingerprint density at radius 3 is 3.00 bits per heavy atom. The van der Waals surface area contributed by atoms with Crippen LogP contribution in [-0.2, 0) is 0 Å². The van der Waals surface area contributed by atoms with Crippen LogP contribution in [0, 0.1) is 6.92 Å². The molecule has 1 atom stereocenters. The van der Waals surface area contributed by atoms with Gasteiger partial charge in [0, 0.05) is 30.5 Å². The fraction of sp³-hybridized carbons (Fsp3) is 0.294. The van der Waals surface area contributed by atoms with Gasteiger partial charge in [-0.15, -0.1) is 0 Å². The molecular formula is C17H17N5O. The molecule has 4 rings (SSSR count). The summed E-state index contributed by atoms with van der Waals surface area (Å²) in [7, 11) is 0. The van der Waals surface area contributed by atoms with Crippen molar-refractivity contribution < 1.29 is 4.79 Å². The van der Waals surface area contributed by atoms with E-state index in [1.807, 2.05) is 30.0 Å². The number of aromatic amines is 1. The highest BCUT2D eigenvalue weighted by Gasteiger charge is 2.30. The van der Waals surface area contributed by atoms with Crippen LogP contribution in [0.4, 0.5) is 0 Å². The average Bonchev–Trinajstić information content (AvgIpc) is 3.22. The van der Waals surface area contributed by atoms with E-state index in [0.29, 0.717) is 11.2 Å². The van der Waals surface area contributed by atoms with Gasteiger partial charge < -0.3 is 4.90 Å². The lowest BCUT2D eigenvalue weighted by atomic mass is 10.1. The molecule has 3 aromatic rings. The molecule has 6 nitrogen and oxygen atoms in total. The third kappa shape index (κ3) is 2.36. The minimum atomic E-state index is 0.0271. The standard InChI is InChI=1S/C17H17N5O/c1-11-14-9-13(10-19-16(14)21-20-11)17(23)22-8-2-3-15(22)12-4-6-18-7-5-12/h4-7,9-10,15H,2-3,8H2,1H3,(H,19,20,21). The number of likely N-dealkylation sites (tertiary alicyclic amines) is 1. The topological polar surface area (TPSA) is 74.8 Å². The Morgan fingerprint density at radius 1 is 1.35 bits per heavy atom. The molecule has 0 spiro atoms. The SMILES string of the molecule is Cc1n[nH]c2ncc(C(=O)N3CCCC3c3ccncc3)cc12. The highest BCUT2D eigenvalue weighted by molar-refractivity contribution is 5.97. The Hall–Kier alpha value is -2.76. The molecule has 6 heteroatoms. The van der Waals surface area contributed by atoms with E-state index in [0.717, 1.165) is 36.0 Å². The van der Waals surface area contributed by atoms with Crippen molar-refractivity contribution in [3.8, 4) is 0 Å². The predicted molar refractivity (Wildman–Crippen MR) is 85.9 cm³/mol. The second-order valence-electron chi connectivity index (χ2n) is 5.87. The molecule has 0 saturated carbocycles. The van der Waals surface area contributed by atoms with Gasteiger partial charge in [0.25, 0.3) is 5.91 Å². The first-order valence-electron chi connectivity index (χ1n) is 7.75. The van der Waals surface area contributed by atoms with E-state index in [-0.39, 0.29) is 11.9 Å². The number of nitrogens with zero attached hydrogens (tertiary/aromatic N) is 4. The molecule has 23 heavy (non-hydrogen) atoms. The highest BCUT2D eigenvalue weighted by Crippen LogP contribution is 2.33. The number of carbonyl (C=O) groups is 1. The second kappa shape index (κ2) is 5.46. The van der Waals surface area contributed by atoms with Crippen molar-refractivity contribution in [2.75, 3.05) is 6.54 Å². The molecule has 1 aliphatic heterocycles. The minimum Gasteiger partial charge on any atom is -0.332 e. The van der Waals surface area contributed by atoms with Gasteiger partial charge in [0.2, 0.25) is 0 Å². The molecule has 1 amide bonds. The van der Waals surface area contributed by atoms with Crippen LogP contribution >= 0.6 is 0 Å². The van der Waals surface area contributed by atoms with Crippen LogP contribution in [0.1, 0.15) is 40.5 Å². The Morgan fingerprint density at radius 2 is 2.17 bits per heavy atom. The van der Waals surface area contributed by atoms with E-state index in [9.17, 15) is 4.79 Å². The van der Waals surface area contributed by atoms with Gasteiger partial charge in [-0.3, -0.25) is 14.9 Å². The van der Waals surface area contributed by atoms with E-state index in [4.69, 9.17) is 0 Å². The Balaban J connectivity index is 1.68. The van der Waals surface area contributed by atoms with Gasteiger partial charge in [-0.2, -0.15) is 5.10 Å². The van der Waals surface area contributed by atoms with Crippen LogP contribution in [0.25, 0.3) is 11.0 Å². The fourth-order valence-electron chi connectivity index (χ4n) is 3.25. The first-order valence-corrected chi connectivity index (χ1v) is 7.75. The summed E-state index contributed by atoms with van der Waals surface area (Å²) in [4.78, 5) is 23.3. The molecule has 1 aliphatic rings. The number of rotatable bonds is 2. The molecule has 1 fully saturated rings. The summed E-state index contributed by atoms with van der Waals surface area (Å²) in [5.41, 5.74) is 3.32. The summed E-state index contributed by atoms with van der Waals surface area (Å²) in [5, 5.41) is 7.90. The summed E-state index contributed by atoms with van der Waals surface area (Å²) in [6.45, 7) is 2.68. The lowest BCUT2D eigenvalue weighted by Crippen LogP contribution is -2.30. The lowest BCUT2D eigenvalue weighted by molar-refractivity contribution is 0.0735. The van der Waals surface area contributed by atoms with Gasteiger partial charge in [-0.1, -0.05) is 0 Å². The zero-order valence-electron chi connectivity index (χ0n) is 12.9. The number of pyridine rings is 2. The van der Waals surface area contributed by atoms with Gasteiger partial charge >= 0.3 is 0 Å². The van der Waals surface area contributed by atoms with Crippen molar-refractivity contribution in [3.05, 3.63) is 53.6 Å². The number of carbonyl (C=O) groups excluding carboxylic acids is 1.